The highest BCUT2D eigenvalue weighted by atomic mass is 32.1. The van der Waals surface area contributed by atoms with Gasteiger partial charge in [-0.1, -0.05) is 41.7 Å². The van der Waals surface area contributed by atoms with Crippen LogP contribution in [0.5, 0.6) is 0 Å². The molecule has 0 saturated heterocycles. The topological polar surface area (TPSA) is 85.4 Å². The monoisotopic (exact) mass is 267 g/mol. The van der Waals surface area contributed by atoms with Crippen molar-refractivity contribution in [2.24, 2.45) is 0 Å². The van der Waals surface area contributed by atoms with Crippen LogP contribution in [0.15, 0.2) is 42.1 Å². The number of aromatic nitrogens is 2. The van der Waals surface area contributed by atoms with Gasteiger partial charge in [0.2, 0.25) is 5.13 Å². The third kappa shape index (κ3) is 3.63. The van der Waals surface area contributed by atoms with Gasteiger partial charge < -0.3 is 5.32 Å². The van der Waals surface area contributed by atoms with Crippen LogP contribution in [-0.2, 0) is 6.42 Å². The highest BCUT2D eigenvalue weighted by Crippen LogP contribution is 2.18. The standard InChI is InChI=1S/C13H9N5S/c14-7-11(8-15)9-16-13-18-17-12(19-13)6-10-4-2-1-3-5-10/h1-5,9H,6H2,(H,16,18). The molecule has 1 heterocycles. The molecule has 0 fully saturated rings. The number of anilines is 1. The van der Waals surface area contributed by atoms with Crippen LogP contribution in [0.25, 0.3) is 0 Å². The summed E-state index contributed by atoms with van der Waals surface area (Å²) in [7, 11) is 0. The Bertz CT molecular complexity index is 644. The molecule has 0 unspecified atom stereocenters. The largest absolute Gasteiger partial charge is 0.335 e. The van der Waals surface area contributed by atoms with Crippen LogP contribution >= 0.6 is 11.3 Å². The number of hydrogen-bond donors (Lipinski definition) is 1. The molecule has 19 heavy (non-hydrogen) atoms. The predicted octanol–water partition coefficient (Wildman–Crippen LogP) is 2.47. The number of nitrogens with one attached hydrogen (secondary N) is 1. The zero-order valence-electron chi connectivity index (χ0n) is 9.87. The van der Waals surface area contributed by atoms with Crippen molar-refractivity contribution in [2.75, 3.05) is 5.32 Å². The number of nitrogens with zero attached hydrogens (tertiary/aromatic N) is 4. The van der Waals surface area contributed by atoms with Crippen LogP contribution in [0, 0.1) is 22.7 Å². The van der Waals surface area contributed by atoms with Crippen molar-refractivity contribution in [2.45, 2.75) is 6.42 Å². The molecule has 0 bridgehead atoms. The number of nitriles is 2. The van der Waals surface area contributed by atoms with Crippen molar-refractivity contribution in [1.82, 2.24) is 10.2 Å². The highest BCUT2D eigenvalue weighted by Gasteiger charge is 2.04. The van der Waals surface area contributed by atoms with Crippen molar-refractivity contribution >= 4 is 16.5 Å². The van der Waals surface area contributed by atoms with Crippen molar-refractivity contribution in [3.63, 3.8) is 0 Å². The molecule has 0 aliphatic rings. The lowest BCUT2D eigenvalue weighted by molar-refractivity contribution is 1.01. The Hall–Kier alpha value is -2.70. The Balaban J connectivity index is 2.03. The van der Waals surface area contributed by atoms with Crippen LogP contribution in [0.1, 0.15) is 10.6 Å². The van der Waals surface area contributed by atoms with Crippen molar-refractivity contribution < 1.29 is 0 Å². The van der Waals surface area contributed by atoms with E-state index < -0.39 is 0 Å². The smallest absolute Gasteiger partial charge is 0.209 e. The second kappa shape index (κ2) is 6.29. The van der Waals surface area contributed by atoms with Crippen LogP contribution in [-0.4, -0.2) is 10.2 Å². The summed E-state index contributed by atoms with van der Waals surface area (Å²) in [5.74, 6) is 0. The first-order valence-electron chi connectivity index (χ1n) is 5.45. The fourth-order valence-electron chi connectivity index (χ4n) is 1.38. The van der Waals surface area contributed by atoms with Crippen LogP contribution < -0.4 is 5.32 Å². The summed E-state index contributed by atoms with van der Waals surface area (Å²) < 4.78 is 0. The van der Waals surface area contributed by atoms with Crippen molar-refractivity contribution in [3.05, 3.63) is 52.7 Å². The zero-order valence-corrected chi connectivity index (χ0v) is 10.7. The van der Waals surface area contributed by atoms with Crippen molar-refractivity contribution in [3.8, 4) is 12.1 Å². The van der Waals surface area contributed by atoms with E-state index in [0.29, 0.717) is 11.6 Å². The van der Waals surface area contributed by atoms with E-state index in [9.17, 15) is 0 Å². The fraction of sp³-hybridized carbons (Fsp3) is 0.0769. The minimum Gasteiger partial charge on any atom is -0.335 e. The maximum absolute atomic E-state index is 8.59. The van der Waals surface area contributed by atoms with Gasteiger partial charge in [0.1, 0.15) is 22.7 Å². The van der Waals surface area contributed by atoms with Gasteiger partial charge in [-0.25, -0.2) is 0 Å². The summed E-state index contributed by atoms with van der Waals surface area (Å²) in [6, 6.07) is 13.5. The van der Waals surface area contributed by atoms with E-state index in [1.165, 1.54) is 17.5 Å². The quantitative estimate of drug-likeness (QED) is 0.860. The highest BCUT2D eigenvalue weighted by molar-refractivity contribution is 7.15. The minimum absolute atomic E-state index is 0.000177. The van der Waals surface area contributed by atoms with Crippen molar-refractivity contribution in [1.29, 1.82) is 10.5 Å². The number of rotatable bonds is 4. The first kappa shape index (κ1) is 12.7. The maximum atomic E-state index is 8.59. The second-order valence-electron chi connectivity index (χ2n) is 3.59. The lowest BCUT2D eigenvalue weighted by Crippen LogP contribution is -1.88. The average Bonchev–Trinajstić information content (AvgIpc) is 2.89. The Morgan fingerprint density at radius 2 is 1.95 bits per heavy atom. The van der Waals surface area contributed by atoms with Gasteiger partial charge in [-0.3, -0.25) is 0 Å². The Morgan fingerprint density at radius 1 is 1.21 bits per heavy atom. The van der Waals surface area contributed by atoms with Crippen LogP contribution in [0.2, 0.25) is 0 Å². The fourth-order valence-corrected chi connectivity index (χ4v) is 2.12. The summed E-state index contributed by atoms with van der Waals surface area (Å²) in [5.41, 5.74) is 1.16. The summed E-state index contributed by atoms with van der Waals surface area (Å²) in [4.78, 5) is 0. The molecule has 2 aromatic rings. The van der Waals surface area contributed by atoms with E-state index in [4.69, 9.17) is 10.5 Å². The SMILES string of the molecule is N#CC(C#N)=CNc1nnc(Cc2ccccc2)s1. The molecule has 1 aromatic carbocycles. The molecular formula is C13H9N5S. The molecule has 0 aliphatic carbocycles. The Kier molecular flexibility index (Phi) is 4.22. The molecule has 92 valence electrons. The van der Waals surface area contributed by atoms with Gasteiger partial charge >= 0.3 is 0 Å². The lowest BCUT2D eigenvalue weighted by atomic mass is 10.2. The van der Waals surface area contributed by atoms with Gasteiger partial charge in [0, 0.05) is 12.6 Å². The first-order chi connectivity index (χ1) is 9.31. The minimum atomic E-state index is -0.000177. The molecule has 0 atom stereocenters. The third-order valence-electron chi connectivity index (χ3n) is 2.25. The first-order valence-corrected chi connectivity index (χ1v) is 6.26. The van der Waals surface area contributed by atoms with Crippen LogP contribution in [0.4, 0.5) is 5.13 Å². The second-order valence-corrected chi connectivity index (χ2v) is 4.65. The lowest BCUT2D eigenvalue weighted by Gasteiger charge is -1.94. The number of benzene rings is 1. The molecule has 0 amide bonds. The molecule has 0 radical (unpaired) electrons. The zero-order chi connectivity index (χ0) is 13.5. The molecule has 0 saturated carbocycles. The molecule has 0 spiro atoms. The van der Waals surface area contributed by atoms with Gasteiger partial charge in [0.15, 0.2) is 0 Å². The summed E-state index contributed by atoms with van der Waals surface area (Å²) in [6.07, 6.45) is 2.04. The maximum Gasteiger partial charge on any atom is 0.209 e. The van der Waals surface area contributed by atoms with Crippen LogP contribution in [0.3, 0.4) is 0 Å². The third-order valence-corrected chi connectivity index (χ3v) is 3.10. The van der Waals surface area contributed by atoms with Gasteiger partial charge in [0.25, 0.3) is 0 Å². The number of allylic oxidation sites excluding steroid dienone is 1. The summed E-state index contributed by atoms with van der Waals surface area (Å²) >= 11 is 1.39. The van der Waals surface area contributed by atoms with Gasteiger partial charge in [-0.15, -0.1) is 10.2 Å². The van der Waals surface area contributed by atoms with Gasteiger partial charge in [-0.05, 0) is 5.56 Å². The van der Waals surface area contributed by atoms with E-state index in [-0.39, 0.29) is 5.57 Å². The molecule has 1 aromatic heterocycles. The van der Waals surface area contributed by atoms with E-state index in [2.05, 4.69) is 15.5 Å². The van der Waals surface area contributed by atoms with Gasteiger partial charge in [0.05, 0.1) is 0 Å². The number of hydrogen-bond acceptors (Lipinski definition) is 6. The molecule has 5 nitrogen and oxygen atoms in total. The molecule has 2 rings (SSSR count). The normalized spacial score (nSPS) is 9.16. The Morgan fingerprint density at radius 3 is 2.63 bits per heavy atom. The summed E-state index contributed by atoms with van der Waals surface area (Å²) in [5, 5.41) is 29.4. The predicted molar refractivity (Wildman–Crippen MR) is 72.1 cm³/mol. The molecular weight excluding hydrogens is 258 g/mol. The van der Waals surface area contributed by atoms with E-state index in [1.54, 1.807) is 12.1 Å². The molecule has 6 heteroatoms. The molecule has 0 aliphatic heterocycles. The molecule has 1 N–H and O–H groups in total. The van der Waals surface area contributed by atoms with E-state index in [1.807, 2.05) is 30.3 Å². The van der Waals surface area contributed by atoms with E-state index >= 15 is 0 Å². The van der Waals surface area contributed by atoms with E-state index in [0.717, 1.165) is 10.6 Å². The average molecular weight is 267 g/mol. The Labute approximate surface area is 114 Å². The summed E-state index contributed by atoms with van der Waals surface area (Å²) in [6.45, 7) is 0. The van der Waals surface area contributed by atoms with Gasteiger partial charge in [-0.2, -0.15) is 10.5 Å².